The van der Waals surface area contributed by atoms with E-state index in [1.165, 1.54) is 6.07 Å². The molecule has 0 spiro atoms. The molecule has 0 unspecified atom stereocenters. The van der Waals surface area contributed by atoms with Gasteiger partial charge in [0.05, 0.1) is 18.1 Å². The Labute approximate surface area is 135 Å². The summed E-state index contributed by atoms with van der Waals surface area (Å²) in [4.78, 5) is 0.171. The van der Waals surface area contributed by atoms with Gasteiger partial charge in [0, 0.05) is 5.56 Å². The van der Waals surface area contributed by atoms with Gasteiger partial charge >= 0.3 is 0 Å². The van der Waals surface area contributed by atoms with Crippen molar-refractivity contribution in [1.82, 2.24) is 0 Å². The van der Waals surface area contributed by atoms with E-state index in [4.69, 9.17) is 13.7 Å². The molecule has 0 radical (unpaired) electrons. The highest BCUT2D eigenvalue weighted by molar-refractivity contribution is 7.86. The van der Waals surface area contributed by atoms with Crippen molar-refractivity contribution in [3.63, 3.8) is 0 Å². The number of hydrogen-bond acceptors (Lipinski definition) is 5. The van der Waals surface area contributed by atoms with Crippen molar-refractivity contribution < 1.29 is 22.1 Å². The van der Waals surface area contributed by atoms with Crippen molar-refractivity contribution in [2.75, 3.05) is 13.2 Å². The van der Waals surface area contributed by atoms with Crippen molar-refractivity contribution >= 4 is 10.1 Å². The molecule has 2 aromatic rings. The first kappa shape index (κ1) is 16.1. The number of hydrogen-bond donors (Lipinski definition) is 0. The fourth-order valence-corrected chi connectivity index (χ4v) is 3.69. The predicted molar refractivity (Wildman–Crippen MR) is 84.3 cm³/mol. The van der Waals surface area contributed by atoms with Gasteiger partial charge in [0.15, 0.2) is 6.29 Å². The Morgan fingerprint density at radius 1 is 0.957 bits per heavy atom. The molecule has 6 heteroatoms. The quantitative estimate of drug-likeness (QED) is 0.805. The molecule has 3 rings (SSSR count). The molecule has 1 fully saturated rings. The molecule has 0 bridgehead atoms. The van der Waals surface area contributed by atoms with E-state index >= 15 is 0 Å². The highest BCUT2D eigenvalue weighted by atomic mass is 32.2. The summed E-state index contributed by atoms with van der Waals surface area (Å²) in [6.45, 7) is 2.05. The van der Waals surface area contributed by atoms with Gasteiger partial charge in [-0.2, -0.15) is 8.42 Å². The summed E-state index contributed by atoms with van der Waals surface area (Å²) in [6, 6.07) is 16.2. The zero-order chi connectivity index (χ0) is 16.3. The van der Waals surface area contributed by atoms with E-state index in [1.807, 2.05) is 30.3 Å². The van der Waals surface area contributed by atoms with Crippen LogP contribution in [0.3, 0.4) is 0 Å². The van der Waals surface area contributed by atoms with E-state index in [0.29, 0.717) is 5.56 Å². The summed E-state index contributed by atoms with van der Waals surface area (Å²) in [7, 11) is -3.83. The van der Waals surface area contributed by atoms with Crippen molar-refractivity contribution in [1.29, 1.82) is 0 Å². The van der Waals surface area contributed by atoms with Crippen LogP contribution in [-0.4, -0.2) is 27.7 Å². The summed E-state index contributed by atoms with van der Waals surface area (Å²) in [6.07, 6.45) is -1.14. The van der Waals surface area contributed by atoms with Gasteiger partial charge in [0.25, 0.3) is 10.1 Å². The van der Waals surface area contributed by atoms with Crippen LogP contribution in [-0.2, 0) is 23.8 Å². The third kappa shape index (κ3) is 3.79. The largest absolute Gasteiger partial charge is 0.346 e. The minimum atomic E-state index is -3.83. The molecule has 0 aromatic heterocycles. The molecule has 1 aliphatic rings. The third-order valence-corrected chi connectivity index (χ3v) is 5.09. The molecule has 1 saturated heterocycles. The fourth-order valence-electron chi connectivity index (χ4n) is 2.41. The van der Waals surface area contributed by atoms with E-state index in [9.17, 15) is 8.42 Å². The van der Waals surface area contributed by atoms with Gasteiger partial charge in [-0.25, -0.2) is 0 Å². The Balaban J connectivity index is 1.64. The first-order valence-electron chi connectivity index (χ1n) is 7.33. The smallest absolute Gasteiger partial charge is 0.297 e. The van der Waals surface area contributed by atoms with Gasteiger partial charge in [-0.05, 0) is 18.6 Å². The molecule has 0 saturated carbocycles. The number of aryl methyl sites for hydroxylation is 1. The highest BCUT2D eigenvalue weighted by Gasteiger charge is 2.29. The highest BCUT2D eigenvalue weighted by Crippen LogP contribution is 2.26. The van der Waals surface area contributed by atoms with Crippen LogP contribution < -0.4 is 0 Å². The van der Waals surface area contributed by atoms with Crippen LogP contribution >= 0.6 is 0 Å². The van der Waals surface area contributed by atoms with Crippen molar-refractivity contribution in [2.24, 2.45) is 0 Å². The molecule has 0 aliphatic carbocycles. The molecule has 0 N–H and O–H groups in total. The number of ether oxygens (including phenoxy) is 2. The summed E-state index contributed by atoms with van der Waals surface area (Å²) < 4.78 is 41.1. The molecule has 5 nitrogen and oxygen atoms in total. The zero-order valence-corrected chi connectivity index (χ0v) is 13.5. The maximum Gasteiger partial charge on any atom is 0.297 e. The number of benzene rings is 2. The maximum absolute atomic E-state index is 12.3. The zero-order valence-electron chi connectivity index (χ0n) is 12.7. The van der Waals surface area contributed by atoms with Crippen molar-refractivity contribution in [2.45, 2.75) is 24.2 Å². The monoisotopic (exact) mass is 334 g/mol. The molecule has 0 atom stereocenters. The summed E-state index contributed by atoms with van der Waals surface area (Å²) in [5.41, 5.74) is 1.54. The van der Waals surface area contributed by atoms with Crippen molar-refractivity contribution in [3.05, 3.63) is 65.7 Å². The summed E-state index contributed by atoms with van der Waals surface area (Å²) in [5.74, 6) is 0. The van der Waals surface area contributed by atoms with E-state index in [1.54, 1.807) is 25.1 Å². The van der Waals surface area contributed by atoms with Gasteiger partial charge < -0.3 is 9.47 Å². The molecule has 0 amide bonds. The Hall–Kier alpha value is -1.73. The maximum atomic E-state index is 12.3. The van der Waals surface area contributed by atoms with E-state index < -0.39 is 22.5 Å². The SMILES string of the molecule is Cc1ccccc1S(=O)(=O)OC1COC(c2ccccc2)OC1. The molecular weight excluding hydrogens is 316 g/mol. The average molecular weight is 334 g/mol. The predicted octanol–water partition coefficient (Wildman–Crippen LogP) is 2.81. The van der Waals surface area contributed by atoms with Crippen LogP contribution in [0.25, 0.3) is 0 Å². The van der Waals surface area contributed by atoms with Crippen LogP contribution in [0.2, 0.25) is 0 Å². The van der Waals surface area contributed by atoms with Gasteiger partial charge in [-0.15, -0.1) is 0 Å². The second-order valence-corrected chi connectivity index (χ2v) is 6.89. The number of rotatable bonds is 4. The topological polar surface area (TPSA) is 61.8 Å². The minimum absolute atomic E-state index is 0.157. The molecule has 1 aliphatic heterocycles. The molecule has 1 heterocycles. The van der Waals surface area contributed by atoms with Gasteiger partial charge in [0.2, 0.25) is 0 Å². The van der Waals surface area contributed by atoms with Crippen LogP contribution in [0.4, 0.5) is 0 Å². The Kier molecular flexibility index (Phi) is 4.77. The Morgan fingerprint density at radius 2 is 1.57 bits per heavy atom. The third-order valence-electron chi connectivity index (χ3n) is 3.56. The summed E-state index contributed by atoms with van der Waals surface area (Å²) in [5, 5.41) is 0. The normalized spacial score (nSPS) is 22.0. The second-order valence-electron chi connectivity index (χ2n) is 5.35. The van der Waals surface area contributed by atoms with Crippen molar-refractivity contribution in [3.8, 4) is 0 Å². The lowest BCUT2D eigenvalue weighted by atomic mass is 10.2. The lowest BCUT2D eigenvalue weighted by molar-refractivity contribution is -0.215. The van der Waals surface area contributed by atoms with Crippen LogP contribution in [0.1, 0.15) is 17.4 Å². The van der Waals surface area contributed by atoms with Gasteiger partial charge in [-0.1, -0.05) is 48.5 Å². The summed E-state index contributed by atoms with van der Waals surface area (Å²) >= 11 is 0. The van der Waals surface area contributed by atoms with E-state index in [0.717, 1.165) is 5.56 Å². The molecule has 122 valence electrons. The lowest BCUT2D eigenvalue weighted by Crippen LogP contribution is -2.35. The fraction of sp³-hybridized carbons (Fsp3) is 0.294. The Morgan fingerprint density at radius 3 is 2.22 bits per heavy atom. The standard InChI is InChI=1S/C17H18O5S/c1-13-7-5-6-10-16(13)23(18,19)22-15-11-20-17(21-12-15)14-8-3-2-4-9-14/h2-10,15,17H,11-12H2,1H3. The van der Waals surface area contributed by atoms with Crippen LogP contribution in [0.15, 0.2) is 59.5 Å². The minimum Gasteiger partial charge on any atom is -0.346 e. The average Bonchev–Trinajstić information content (AvgIpc) is 2.56. The van der Waals surface area contributed by atoms with Gasteiger partial charge in [0.1, 0.15) is 6.10 Å². The molecule has 2 aromatic carbocycles. The van der Waals surface area contributed by atoms with E-state index in [-0.39, 0.29) is 18.1 Å². The Bertz CT molecular complexity index is 750. The molecule has 23 heavy (non-hydrogen) atoms. The van der Waals surface area contributed by atoms with Crippen LogP contribution in [0, 0.1) is 6.92 Å². The first-order valence-corrected chi connectivity index (χ1v) is 8.74. The van der Waals surface area contributed by atoms with E-state index in [2.05, 4.69) is 0 Å². The molecular formula is C17H18O5S. The van der Waals surface area contributed by atoms with Crippen LogP contribution in [0.5, 0.6) is 0 Å². The first-order chi connectivity index (χ1) is 11.1. The second kappa shape index (κ2) is 6.80. The van der Waals surface area contributed by atoms with Gasteiger partial charge in [-0.3, -0.25) is 4.18 Å². The lowest BCUT2D eigenvalue weighted by Gasteiger charge is -2.29.